The second kappa shape index (κ2) is 6.90. The minimum atomic E-state index is -0.351. The number of hydrogen-bond acceptors (Lipinski definition) is 3. The van der Waals surface area contributed by atoms with Crippen LogP contribution in [0.15, 0.2) is 30.3 Å². The van der Waals surface area contributed by atoms with Gasteiger partial charge in [-0.1, -0.05) is 12.1 Å². The Morgan fingerprint density at radius 2 is 2.18 bits per heavy atom. The Morgan fingerprint density at radius 3 is 2.86 bits per heavy atom. The Labute approximate surface area is 130 Å². The van der Waals surface area contributed by atoms with Gasteiger partial charge >= 0.3 is 0 Å². The SMILES string of the molecule is C[C@@H]1CC[C@H](C(N)=O)CN1C(=O)/C=C/c1cccc(C#N)c1. The summed E-state index contributed by atoms with van der Waals surface area (Å²) in [7, 11) is 0. The van der Waals surface area contributed by atoms with E-state index in [1.165, 1.54) is 6.08 Å². The molecule has 5 heteroatoms. The van der Waals surface area contributed by atoms with Crippen LogP contribution in [-0.2, 0) is 9.59 Å². The molecule has 0 spiro atoms. The van der Waals surface area contributed by atoms with E-state index in [0.717, 1.165) is 18.4 Å². The van der Waals surface area contributed by atoms with Crippen molar-refractivity contribution in [2.75, 3.05) is 6.54 Å². The Hall–Kier alpha value is -2.61. The molecule has 0 aromatic heterocycles. The molecule has 0 unspecified atom stereocenters. The van der Waals surface area contributed by atoms with Crippen molar-refractivity contribution in [1.29, 1.82) is 5.26 Å². The lowest BCUT2D eigenvalue weighted by atomic mass is 9.93. The first-order chi connectivity index (χ1) is 10.5. The molecule has 2 amide bonds. The van der Waals surface area contributed by atoms with Crippen molar-refractivity contribution in [1.82, 2.24) is 4.90 Å². The number of piperidine rings is 1. The van der Waals surface area contributed by atoms with Crippen LogP contribution < -0.4 is 5.73 Å². The summed E-state index contributed by atoms with van der Waals surface area (Å²) in [5.74, 6) is -0.758. The number of benzene rings is 1. The molecule has 114 valence electrons. The van der Waals surface area contributed by atoms with Gasteiger partial charge in [0, 0.05) is 18.7 Å². The van der Waals surface area contributed by atoms with Crippen LogP contribution in [0.4, 0.5) is 0 Å². The molecule has 1 heterocycles. The van der Waals surface area contributed by atoms with Crippen molar-refractivity contribution in [2.45, 2.75) is 25.8 Å². The van der Waals surface area contributed by atoms with Crippen molar-refractivity contribution in [2.24, 2.45) is 11.7 Å². The summed E-state index contributed by atoms with van der Waals surface area (Å²) in [5.41, 5.74) is 6.69. The number of likely N-dealkylation sites (tertiary alicyclic amines) is 1. The van der Waals surface area contributed by atoms with E-state index in [0.29, 0.717) is 12.1 Å². The van der Waals surface area contributed by atoms with Crippen LogP contribution in [-0.4, -0.2) is 29.3 Å². The summed E-state index contributed by atoms with van der Waals surface area (Å²) in [5, 5.41) is 8.87. The van der Waals surface area contributed by atoms with E-state index < -0.39 is 0 Å². The molecule has 1 aromatic rings. The predicted octanol–water partition coefficient (Wildman–Crippen LogP) is 1.68. The number of carbonyl (C=O) groups excluding carboxylic acids is 2. The van der Waals surface area contributed by atoms with Crippen molar-refractivity contribution in [3.05, 3.63) is 41.5 Å². The van der Waals surface area contributed by atoms with Crippen molar-refractivity contribution >= 4 is 17.9 Å². The Balaban J connectivity index is 2.08. The van der Waals surface area contributed by atoms with E-state index in [2.05, 4.69) is 6.07 Å². The lowest BCUT2D eigenvalue weighted by Gasteiger charge is -2.36. The zero-order valence-electron chi connectivity index (χ0n) is 12.5. The maximum absolute atomic E-state index is 12.3. The first kappa shape index (κ1) is 15.8. The normalized spacial score (nSPS) is 21.5. The van der Waals surface area contributed by atoms with Gasteiger partial charge in [0.2, 0.25) is 11.8 Å². The molecule has 2 rings (SSSR count). The molecular weight excluding hydrogens is 278 g/mol. The molecule has 1 aromatic carbocycles. The molecular formula is C17H19N3O2. The number of nitrogens with two attached hydrogens (primary N) is 1. The highest BCUT2D eigenvalue weighted by Gasteiger charge is 2.30. The number of amides is 2. The second-order valence-corrected chi connectivity index (χ2v) is 5.59. The fraction of sp³-hybridized carbons (Fsp3) is 0.353. The summed E-state index contributed by atoms with van der Waals surface area (Å²) in [6, 6.07) is 9.19. The van der Waals surface area contributed by atoms with E-state index >= 15 is 0 Å². The standard InChI is InChI=1S/C17H19N3O2/c1-12-5-7-15(17(19)22)11-20(12)16(21)8-6-13-3-2-4-14(9-13)10-18/h2-4,6,8-9,12,15H,5,7,11H2,1H3,(H2,19,22)/b8-6+/t12-,15+/m1/s1. The number of primary amides is 1. The van der Waals surface area contributed by atoms with Crippen LogP contribution in [0.2, 0.25) is 0 Å². The van der Waals surface area contributed by atoms with Gasteiger partial charge in [0.1, 0.15) is 0 Å². The van der Waals surface area contributed by atoms with Gasteiger partial charge in [-0.05, 0) is 43.5 Å². The summed E-state index contributed by atoms with van der Waals surface area (Å²) >= 11 is 0. The van der Waals surface area contributed by atoms with E-state index in [9.17, 15) is 9.59 Å². The highest BCUT2D eigenvalue weighted by Crippen LogP contribution is 2.22. The molecule has 0 aliphatic carbocycles. The number of nitriles is 1. The third-order valence-electron chi connectivity index (χ3n) is 4.00. The fourth-order valence-electron chi connectivity index (χ4n) is 2.62. The molecule has 1 aliphatic rings. The quantitative estimate of drug-likeness (QED) is 0.861. The van der Waals surface area contributed by atoms with Crippen LogP contribution in [0.25, 0.3) is 6.08 Å². The van der Waals surface area contributed by atoms with Crippen LogP contribution >= 0.6 is 0 Å². The lowest BCUT2D eigenvalue weighted by Crippen LogP contribution is -2.48. The number of hydrogen-bond donors (Lipinski definition) is 1. The second-order valence-electron chi connectivity index (χ2n) is 5.59. The molecule has 0 radical (unpaired) electrons. The molecule has 0 saturated carbocycles. The zero-order chi connectivity index (χ0) is 16.1. The van der Waals surface area contributed by atoms with Gasteiger partial charge in [0.15, 0.2) is 0 Å². The third-order valence-corrected chi connectivity index (χ3v) is 4.00. The van der Waals surface area contributed by atoms with Gasteiger partial charge in [0.25, 0.3) is 0 Å². The summed E-state index contributed by atoms with van der Waals surface area (Å²) in [6.07, 6.45) is 4.67. The Bertz CT molecular complexity index is 646. The van der Waals surface area contributed by atoms with Gasteiger partial charge in [-0.25, -0.2) is 0 Å². The molecule has 2 atom stereocenters. The molecule has 0 bridgehead atoms. The zero-order valence-corrected chi connectivity index (χ0v) is 12.5. The van der Waals surface area contributed by atoms with Gasteiger partial charge in [-0.2, -0.15) is 5.26 Å². The minimum Gasteiger partial charge on any atom is -0.369 e. The number of carbonyl (C=O) groups is 2. The van der Waals surface area contributed by atoms with Crippen LogP contribution in [0, 0.1) is 17.2 Å². The average molecular weight is 297 g/mol. The van der Waals surface area contributed by atoms with E-state index in [1.807, 2.05) is 13.0 Å². The Kier molecular flexibility index (Phi) is 4.95. The summed E-state index contributed by atoms with van der Waals surface area (Å²) in [4.78, 5) is 25.3. The number of rotatable bonds is 3. The smallest absolute Gasteiger partial charge is 0.246 e. The average Bonchev–Trinajstić information content (AvgIpc) is 2.53. The van der Waals surface area contributed by atoms with Crippen LogP contribution in [0.3, 0.4) is 0 Å². The molecule has 5 nitrogen and oxygen atoms in total. The first-order valence-electron chi connectivity index (χ1n) is 7.29. The maximum Gasteiger partial charge on any atom is 0.246 e. The fourth-order valence-corrected chi connectivity index (χ4v) is 2.62. The van der Waals surface area contributed by atoms with E-state index in [1.54, 1.807) is 29.2 Å². The summed E-state index contributed by atoms with van der Waals surface area (Å²) < 4.78 is 0. The van der Waals surface area contributed by atoms with Crippen LogP contribution in [0.5, 0.6) is 0 Å². The van der Waals surface area contributed by atoms with Gasteiger partial charge in [-0.3, -0.25) is 9.59 Å². The monoisotopic (exact) mass is 297 g/mol. The van der Waals surface area contributed by atoms with Crippen molar-refractivity contribution in [3.63, 3.8) is 0 Å². The summed E-state index contributed by atoms with van der Waals surface area (Å²) in [6.45, 7) is 2.34. The highest BCUT2D eigenvalue weighted by molar-refractivity contribution is 5.92. The van der Waals surface area contributed by atoms with Gasteiger partial charge < -0.3 is 10.6 Å². The highest BCUT2D eigenvalue weighted by atomic mass is 16.2. The van der Waals surface area contributed by atoms with Gasteiger partial charge in [0.05, 0.1) is 17.6 Å². The van der Waals surface area contributed by atoms with E-state index in [4.69, 9.17) is 11.0 Å². The van der Waals surface area contributed by atoms with Crippen molar-refractivity contribution in [3.8, 4) is 6.07 Å². The molecule has 22 heavy (non-hydrogen) atoms. The van der Waals surface area contributed by atoms with E-state index in [-0.39, 0.29) is 23.8 Å². The number of nitrogens with zero attached hydrogens (tertiary/aromatic N) is 2. The third kappa shape index (κ3) is 3.73. The predicted molar refractivity (Wildman–Crippen MR) is 83.3 cm³/mol. The lowest BCUT2D eigenvalue weighted by molar-refractivity contribution is -0.133. The van der Waals surface area contributed by atoms with Crippen molar-refractivity contribution < 1.29 is 9.59 Å². The maximum atomic E-state index is 12.3. The molecule has 1 aliphatic heterocycles. The van der Waals surface area contributed by atoms with Crippen LogP contribution in [0.1, 0.15) is 30.9 Å². The van der Waals surface area contributed by atoms with Gasteiger partial charge in [-0.15, -0.1) is 0 Å². The molecule has 1 fully saturated rings. The molecule has 1 saturated heterocycles. The Morgan fingerprint density at radius 1 is 1.41 bits per heavy atom. The minimum absolute atomic E-state index is 0.0955. The molecule has 2 N–H and O–H groups in total. The topological polar surface area (TPSA) is 87.2 Å². The largest absolute Gasteiger partial charge is 0.369 e. The first-order valence-corrected chi connectivity index (χ1v) is 7.29.